The van der Waals surface area contributed by atoms with Crippen molar-refractivity contribution in [2.45, 2.75) is 13.3 Å². The first-order valence-electron chi connectivity index (χ1n) is 8.53. The maximum atomic E-state index is 12.3. The zero-order valence-corrected chi connectivity index (χ0v) is 16.5. The van der Waals surface area contributed by atoms with Gasteiger partial charge in [-0.3, -0.25) is 4.79 Å². The minimum atomic E-state index is -0.402. The average molecular weight is 400 g/mol. The van der Waals surface area contributed by atoms with Crippen molar-refractivity contribution in [3.8, 4) is 11.5 Å². The third-order valence-corrected chi connectivity index (χ3v) is 4.81. The van der Waals surface area contributed by atoms with Crippen LogP contribution in [0.4, 0.5) is 21.3 Å². The van der Waals surface area contributed by atoms with Gasteiger partial charge in [-0.15, -0.1) is 0 Å². The minimum absolute atomic E-state index is 0.0910. The lowest BCUT2D eigenvalue weighted by atomic mass is 10.2. The second-order valence-corrected chi connectivity index (χ2v) is 6.78. The van der Waals surface area contributed by atoms with Crippen LogP contribution in [0.15, 0.2) is 36.4 Å². The van der Waals surface area contributed by atoms with Gasteiger partial charge in [0.15, 0.2) is 16.6 Å². The van der Waals surface area contributed by atoms with E-state index in [1.165, 1.54) is 18.4 Å². The summed E-state index contributed by atoms with van der Waals surface area (Å²) in [5.41, 5.74) is 1.85. The summed E-state index contributed by atoms with van der Waals surface area (Å²) >= 11 is 1.38. The molecule has 0 fully saturated rings. The molecule has 1 heterocycles. The van der Waals surface area contributed by atoms with Gasteiger partial charge in [0, 0.05) is 23.9 Å². The quantitative estimate of drug-likeness (QED) is 0.572. The highest BCUT2D eigenvalue weighted by Crippen LogP contribution is 2.30. The van der Waals surface area contributed by atoms with E-state index in [9.17, 15) is 9.59 Å². The Labute approximate surface area is 165 Å². The number of carbonyl (C=O) groups excluding carboxylic acids is 2. The molecule has 8 nitrogen and oxygen atoms in total. The van der Waals surface area contributed by atoms with Crippen molar-refractivity contribution in [2.24, 2.45) is 0 Å². The zero-order valence-electron chi connectivity index (χ0n) is 15.7. The molecular formula is C19H20N4O4S. The molecule has 0 unspecified atom stereocenters. The fourth-order valence-corrected chi connectivity index (χ4v) is 3.34. The standard InChI is InChI=1S/C19H20N4O4S/c1-4-17(24)23-19-22-13-9-11(6-8-16(13)28-19)20-18(25)21-12-5-7-14(26-2)15(10-12)27-3/h5-10H,4H2,1-3H3,(H2,20,21,25)(H,22,23,24). The molecule has 2 aromatic carbocycles. The number of anilines is 3. The minimum Gasteiger partial charge on any atom is -0.493 e. The van der Waals surface area contributed by atoms with Gasteiger partial charge >= 0.3 is 6.03 Å². The largest absolute Gasteiger partial charge is 0.493 e. The molecule has 0 saturated carbocycles. The van der Waals surface area contributed by atoms with Crippen molar-refractivity contribution in [1.29, 1.82) is 0 Å². The van der Waals surface area contributed by atoms with Crippen molar-refractivity contribution in [3.05, 3.63) is 36.4 Å². The predicted molar refractivity (Wildman–Crippen MR) is 111 cm³/mol. The van der Waals surface area contributed by atoms with Crippen LogP contribution in [-0.2, 0) is 4.79 Å². The van der Waals surface area contributed by atoms with E-state index in [1.54, 1.807) is 44.4 Å². The Morgan fingerprint density at radius 3 is 2.32 bits per heavy atom. The highest BCUT2D eigenvalue weighted by atomic mass is 32.1. The zero-order chi connectivity index (χ0) is 20.1. The lowest BCUT2D eigenvalue weighted by Crippen LogP contribution is -2.19. The van der Waals surface area contributed by atoms with Gasteiger partial charge in [0.1, 0.15) is 0 Å². The second kappa shape index (κ2) is 8.57. The Hall–Kier alpha value is -3.33. The number of thiazole rings is 1. The number of ether oxygens (including phenoxy) is 2. The van der Waals surface area contributed by atoms with Crippen molar-refractivity contribution in [2.75, 3.05) is 30.2 Å². The molecular weight excluding hydrogens is 380 g/mol. The number of fused-ring (bicyclic) bond motifs is 1. The number of methoxy groups -OCH3 is 2. The van der Waals surface area contributed by atoms with Crippen LogP contribution < -0.4 is 25.4 Å². The van der Waals surface area contributed by atoms with Crippen molar-refractivity contribution >= 4 is 50.0 Å². The number of carbonyl (C=O) groups is 2. The first-order chi connectivity index (χ1) is 13.5. The number of nitrogens with one attached hydrogen (secondary N) is 3. The normalized spacial score (nSPS) is 10.4. The van der Waals surface area contributed by atoms with Crippen LogP contribution in [0, 0.1) is 0 Å². The molecule has 146 valence electrons. The molecule has 28 heavy (non-hydrogen) atoms. The van der Waals surface area contributed by atoms with E-state index in [-0.39, 0.29) is 5.91 Å². The first kappa shape index (κ1) is 19.4. The van der Waals surface area contributed by atoms with Crippen LogP contribution in [-0.4, -0.2) is 31.1 Å². The summed E-state index contributed by atoms with van der Waals surface area (Å²) in [6.07, 6.45) is 0.388. The number of hydrogen-bond donors (Lipinski definition) is 3. The second-order valence-electron chi connectivity index (χ2n) is 5.75. The molecule has 0 atom stereocenters. The van der Waals surface area contributed by atoms with Gasteiger partial charge in [-0.25, -0.2) is 9.78 Å². The van der Waals surface area contributed by atoms with Crippen LogP contribution in [0.25, 0.3) is 10.2 Å². The summed E-state index contributed by atoms with van der Waals surface area (Å²) in [5, 5.41) is 8.78. The Morgan fingerprint density at radius 1 is 0.964 bits per heavy atom. The topological polar surface area (TPSA) is 102 Å². The third-order valence-electron chi connectivity index (χ3n) is 3.85. The van der Waals surface area contributed by atoms with Crippen LogP contribution in [0.1, 0.15) is 13.3 Å². The fourth-order valence-electron chi connectivity index (χ4n) is 2.47. The van der Waals surface area contributed by atoms with E-state index in [2.05, 4.69) is 20.9 Å². The predicted octanol–water partition coefficient (Wildman–Crippen LogP) is 4.31. The molecule has 0 aliphatic carbocycles. The molecule has 9 heteroatoms. The highest BCUT2D eigenvalue weighted by molar-refractivity contribution is 7.22. The molecule has 0 radical (unpaired) electrons. The van der Waals surface area contributed by atoms with Gasteiger partial charge in [-0.2, -0.15) is 0 Å². The summed E-state index contributed by atoms with van der Waals surface area (Å²) in [7, 11) is 3.08. The Balaban J connectivity index is 1.69. The number of hydrogen-bond acceptors (Lipinski definition) is 6. The van der Waals surface area contributed by atoms with Gasteiger partial charge in [-0.05, 0) is 30.3 Å². The van der Waals surface area contributed by atoms with Crippen molar-refractivity contribution in [1.82, 2.24) is 4.98 Å². The molecule has 0 aliphatic rings. The molecule has 0 bridgehead atoms. The highest BCUT2D eigenvalue weighted by Gasteiger charge is 2.10. The molecule has 0 aliphatic heterocycles. The molecule has 1 aromatic heterocycles. The maximum absolute atomic E-state index is 12.3. The monoisotopic (exact) mass is 400 g/mol. The van der Waals surface area contributed by atoms with Crippen LogP contribution in [0.3, 0.4) is 0 Å². The third kappa shape index (κ3) is 4.49. The molecule has 3 aromatic rings. The number of rotatable bonds is 6. The molecule has 0 saturated heterocycles. The lowest BCUT2D eigenvalue weighted by molar-refractivity contribution is -0.115. The Kier molecular flexibility index (Phi) is 5.95. The Morgan fingerprint density at radius 2 is 1.64 bits per heavy atom. The van der Waals surface area contributed by atoms with Gasteiger partial charge in [0.25, 0.3) is 0 Å². The van der Waals surface area contributed by atoms with Gasteiger partial charge < -0.3 is 25.4 Å². The SMILES string of the molecule is CCC(=O)Nc1nc2cc(NC(=O)Nc3ccc(OC)c(OC)c3)ccc2s1. The van der Waals surface area contributed by atoms with E-state index in [1.807, 2.05) is 6.07 Å². The summed E-state index contributed by atoms with van der Waals surface area (Å²) in [5.74, 6) is 1.01. The van der Waals surface area contributed by atoms with Crippen LogP contribution in [0.2, 0.25) is 0 Å². The van der Waals surface area contributed by atoms with E-state index in [0.717, 1.165) is 4.70 Å². The lowest BCUT2D eigenvalue weighted by Gasteiger charge is -2.11. The van der Waals surface area contributed by atoms with Crippen molar-refractivity contribution in [3.63, 3.8) is 0 Å². The van der Waals surface area contributed by atoms with E-state index >= 15 is 0 Å². The van der Waals surface area contributed by atoms with Gasteiger partial charge in [-0.1, -0.05) is 18.3 Å². The van der Waals surface area contributed by atoms with Crippen LogP contribution >= 0.6 is 11.3 Å². The summed E-state index contributed by atoms with van der Waals surface area (Å²) in [6, 6.07) is 10.1. The number of urea groups is 1. The number of amides is 3. The molecule has 3 amide bonds. The number of nitrogens with zero attached hydrogens (tertiary/aromatic N) is 1. The molecule has 0 spiro atoms. The summed E-state index contributed by atoms with van der Waals surface area (Å²) in [4.78, 5) is 28.2. The average Bonchev–Trinajstić information content (AvgIpc) is 3.08. The number of aromatic nitrogens is 1. The number of benzene rings is 2. The molecule has 3 N–H and O–H groups in total. The van der Waals surface area contributed by atoms with E-state index < -0.39 is 6.03 Å². The molecule has 3 rings (SSSR count). The summed E-state index contributed by atoms with van der Waals surface area (Å²) < 4.78 is 11.3. The smallest absolute Gasteiger partial charge is 0.323 e. The van der Waals surface area contributed by atoms with E-state index in [4.69, 9.17) is 9.47 Å². The maximum Gasteiger partial charge on any atom is 0.323 e. The summed E-state index contributed by atoms with van der Waals surface area (Å²) in [6.45, 7) is 1.78. The van der Waals surface area contributed by atoms with Crippen LogP contribution in [0.5, 0.6) is 11.5 Å². The van der Waals surface area contributed by atoms with E-state index in [0.29, 0.717) is 39.9 Å². The van der Waals surface area contributed by atoms with Crippen molar-refractivity contribution < 1.29 is 19.1 Å². The van der Waals surface area contributed by atoms with Gasteiger partial charge in [0.2, 0.25) is 5.91 Å². The fraction of sp³-hybridized carbons (Fsp3) is 0.211. The Bertz CT molecular complexity index is 1020. The van der Waals surface area contributed by atoms with Gasteiger partial charge in [0.05, 0.1) is 24.4 Å². The first-order valence-corrected chi connectivity index (χ1v) is 9.34.